The van der Waals surface area contributed by atoms with Crippen LogP contribution in [0, 0.1) is 11.3 Å². The first-order chi connectivity index (χ1) is 9.44. The number of ether oxygens (including phenoxy) is 2. The fraction of sp³-hybridized carbons (Fsp3) is 0.625. The van der Waals surface area contributed by atoms with E-state index in [-0.39, 0.29) is 0 Å². The minimum Gasteiger partial charge on any atom is -0.496 e. The fourth-order valence-corrected chi connectivity index (χ4v) is 3.38. The molecule has 1 aliphatic rings. The van der Waals surface area contributed by atoms with Crippen LogP contribution >= 0.6 is 15.9 Å². The largest absolute Gasteiger partial charge is 0.496 e. The average Bonchev–Trinajstić information content (AvgIpc) is 3.04. The highest BCUT2D eigenvalue weighted by Crippen LogP contribution is 2.59. The van der Waals surface area contributed by atoms with Gasteiger partial charge >= 0.3 is 0 Å². The SMILES string of the molecule is CCNC(c1cc(OC)c(Br)cc1OC)C1CC1(C)C. The van der Waals surface area contributed by atoms with Gasteiger partial charge < -0.3 is 14.8 Å². The lowest BCUT2D eigenvalue weighted by Crippen LogP contribution is -2.25. The van der Waals surface area contributed by atoms with Gasteiger partial charge in [-0.05, 0) is 52.4 Å². The second-order valence-electron chi connectivity index (χ2n) is 6.06. The molecule has 1 saturated carbocycles. The monoisotopic (exact) mass is 341 g/mol. The first-order valence-corrected chi connectivity index (χ1v) is 7.88. The smallest absolute Gasteiger partial charge is 0.133 e. The summed E-state index contributed by atoms with van der Waals surface area (Å²) < 4.78 is 11.9. The molecule has 0 radical (unpaired) electrons. The normalized spacial score (nSPS) is 21.4. The van der Waals surface area contributed by atoms with Crippen molar-refractivity contribution in [3.05, 3.63) is 22.2 Å². The van der Waals surface area contributed by atoms with Crippen LogP contribution in [-0.2, 0) is 0 Å². The first-order valence-electron chi connectivity index (χ1n) is 7.09. The highest BCUT2D eigenvalue weighted by Gasteiger charge is 2.50. The lowest BCUT2D eigenvalue weighted by atomic mass is 9.96. The molecule has 0 saturated heterocycles. The van der Waals surface area contributed by atoms with Crippen molar-refractivity contribution in [2.24, 2.45) is 11.3 Å². The molecule has 1 aromatic carbocycles. The first kappa shape index (κ1) is 15.6. The molecule has 0 amide bonds. The summed E-state index contributed by atoms with van der Waals surface area (Å²) in [6.07, 6.45) is 1.24. The molecular formula is C16H24BrNO2. The van der Waals surface area contributed by atoms with Crippen molar-refractivity contribution in [2.45, 2.75) is 33.2 Å². The summed E-state index contributed by atoms with van der Waals surface area (Å²) in [6.45, 7) is 7.73. The zero-order valence-corrected chi connectivity index (χ0v) is 14.5. The Morgan fingerprint density at radius 3 is 2.35 bits per heavy atom. The molecule has 112 valence electrons. The van der Waals surface area contributed by atoms with Crippen LogP contribution < -0.4 is 14.8 Å². The molecule has 1 N–H and O–H groups in total. The molecule has 2 rings (SSSR count). The summed E-state index contributed by atoms with van der Waals surface area (Å²) in [4.78, 5) is 0. The number of nitrogens with one attached hydrogen (secondary N) is 1. The van der Waals surface area contributed by atoms with Crippen molar-refractivity contribution in [1.82, 2.24) is 5.32 Å². The summed E-state index contributed by atoms with van der Waals surface area (Å²) in [6, 6.07) is 4.39. The molecule has 20 heavy (non-hydrogen) atoms. The zero-order chi connectivity index (χ0) is 14.9. The second-order valence-corrected chi connectivity index (χ2v) is 6.92. The van der Waals surface area contributed by atoms with Crippen LogP contribution in [0.3, 0.4) is 0 Å². The van der Waals surface area contributed by atoms with Gasteiger partial charge in [0.1, 0.15) is 11.5 Å². The van der Waals surface area contributed by atoms with Gasteiger partial charge in [0.2, 0.25) is 0 Å². The molecule has 0 aromatic heterocycles. The van der Waals surface area contributed by atoms with E-state index >= 15 is 0 Å². The molecule has 3 nitrogen and oxygen atoms in total. The summed E-state index contributed by atoms with van der Waals surface area (Å²) >= 11 is 3.52. The van der Waals surface area contributed by atoms with Crippen LogP contribution in [0.4, 0.5) is 0 Å². The number of hydrogen-bond donors (Lipinski definition) is 1. The Morgan fingerprint density at radius 2 is 1.90 bits per heavy atom. The number of hydrogen-bond acceptors (Lipinski definition) is 3. The average molecular weight is 342 g/mol. The number of rotatable bonds is 6. The minimum absolute atomic E-state index is 0.312. The number of halogens is 1. The zero-order valence-electron chi connectivity index (χ0n) is 12.9. The van der Waals surface area contributed by atoms with Crippen LogP contribution in [0.5, 0.6) is 11.5 Å². The Labute approximate surface area is 130 Å². The molecule has 0 heterocycles. The third-order valence-corrected chi connectivity index (χ3v) is 4.87. The lowest BCUT2D eigenvalue weighted by Gasteiger charge is -2.23. The molecule has 1 aliphatic carbocycles. The van der Waals surface area contributed by atoms with Gasteiger partial charge in [-0.3, -0.25) is 0 Å². The van der Waals surface area contributed by atoms with Crippen LogP contribution in [0.15, 0.2) is 16.6 Å². The van der Waals surface area contributed by atoms with Crippen LogP contribution in [0.1, 0.15) is 38.8 Å². The van der Waals surface area contributed by atoms with Crippen molar-refractivity contribution in [1.29, 1.82) is 0 Å². The summed E-state index contributed by atoms with van der Waals surface area (Å²) in [5, 5.41) is 3.61. The van der Waals surface area contributed by atoms with Crippen molar-refractivity contribution in [3.63, 3.8) is 0 Å². The Hall–Kier alpha value is -0.740. The molecule has 2 atom stereocenters. The van der Waals surface area contributed by atoms with Gasteiger partial charge in [0.05, 0.1) is 18.7 Å². The quantitative estimate of drug-likeness (QED) is 0.842. The highest BCUT2D eigenvalue weighted by molar-refractivity contribution is 9.10. The van der Waals surface area contributed by atoms with E-state index in [4.69, 9.17) is 9.47 Å². The Bertz CT molecular complexity index is 488. The van der Waals surface area contributed by atoms with Gasteiger partial charge in [0.25, 0.3) is 0 Å². The minimum atomic E-state index is 0.312. The predicted molar refractivity (Wildman–Crippen MR) is 85.6 cm³/mol. The van der Waals surface area contributed by atoms with Gasteiger partial charge in [-0.25, -0.2) is 0 Å². The van der Waals surface area contributed by atoms with Gasteiger partial charge in [0, 0.05) is 11.6 Å². The van der Waals surface area contributed by atoms with Gasteiger partial charge in [-0.15, -0.1) is 0 Å². The summed E-state index contributed by atoms with van der Waals surface area (Å²) in [5.74, 6) is 2.40. The third kappa shape index (κ3) is 2.96. The van der Waals surface area contributed by atoms with Crippen LogP contribution in [0.2, 0.25) is 0 Å². The number of methoxy groups -OCH3 is 2. The maximum Gasteiger partial charge on any atom is 0.133 e. The van der Waals surface area contributed by atoms with Crippen molar-refractivity contribution in [2.75, 3.05) is 20.8 Å². The van der Waals surface area contributed by atoms with E-state index < -0.39 is 0 Å². The Balaban J connectivity index is 2.41. The van der Waals surface area contributed by atoms with Crippen molar-refractivity contribution >= 4 is 15.9 Å². The standard InChI is InChI=1S/C16H24BrNO2/c1-6-18-15(11-9-16(11,2)3)10-7-14(20-5)12(17)8-13(10)19-4/h7-8,11,15,18H,6,9H2,1-5H3. The topological polar surface area (TPSA) is 30.5 Å². The van der Waals surface area contributed by atoms with E-state index in [9.17, 15) is 0 Å². The summed E-state index contributed by atoms with van der Waals surface area (Å²) in [7, 11) is 3.42. The molecule has 0 aliphatic heterocycles. The molecule has 1 aromatic rings. The van der Waals surface area contributed by atoms with E-state index in [1.54, 1.807) is 14.2 Å². The molecule has 0 spiro atoms. The van der Waals surface area contributed by atoms with Crippen molar-refractivity contribution < 1.29 is 9.47 Å². The highest BCUT2D eigenvalue weighted by atomic mass is 79.9. The van der Waals surface area contributed by atoms with E-state index in [1.807, 2.05) is 6.07 Å². The van der Waals surface area contributed by atoms with Gasteiger partial charge in [0.15, 0.2) is 0 Å². The molecule has 0 bridgehead atoms. The van der Waals surface area contributed by atoms with E-state index in [1.165, 1.54) is 12.0 Å². The second kappa shape index (κ2) is 5.94. The maximum absolute atomic E-state index is 5.57. The van der Waals surface area contributed by atoms with Gasteiger partial charge in [-0.1, -0.05) is 20.8 Å². The van der Waals surface area contributed by atoms with E-state index in [2.05, 4.69) is 48.1 Å². The Kier molecular flexibility index (Phi) is 4.65. The molecule has 4 heteroatoms. The third-order valence-electron chi connectivity index (χ3n) is 4.26. The molecular weight excluding hydrogens is 318 g/mol. The number of benzene rings is 1. The van der Waals surface area contributed by atoms with Gasteiger partial charge in [-0.2, -0.15) is 0 Å². The lowest BCUT2D eigenvalue weighted by molar-refractivity contribution is 0.370. The van der Waals surface area contributed by atoms with Crippen molar-refractivity contribution in [3.8, 4) is 11.5 Å². The predicted octanol–water partition coefficient (Wildman–Crippen LogP) is 4.16. The summed E-state index contributed by atoms with van der Waals surface area (Å²) in [5.41, 5.74) is 1.59. The van der Waals surface area contributed by atoms with E-state index in [0.29, 0.717) is 17.4 Å². The molecule has 2 unspecified atom stereocenters. The Morgan fingerprint density at radius 1 is 1.30 bits per heavy atom. The van der Waals surface area contributed by atoms with Crippen LogP contribution in [-0.4, -0.2) is 20.8 Å². The van der Waals surface area contributed by atoms with Crippen LogP contribution in [0.25, 0.3) is 0 Å². The maximum atomic E-state index is 5.57. The fourth-order valence-electron chi connectivity index (χ4n) is 2.89. The molecule has 1 fully saturated rings. The van der Waals surface area contributed by atoms with E-state index in [0.717, 1.165) is 22.5 Å².